The molecule has 2 amide bonds. The first-order valence-electron chi connectivity index (χ1n) is 5.22. The number of aromatic nitrogens is 2. The molecule has 0 fully saturated rings. The zero-order valence-corrected chi connectivity index (χ0v) is 12.5. The average molecular weight is 333 g/mol. The van der Waals surface area contributed by atoms with Gasteiger partial charge in [0.25, 0.3) is 5.16 Å². The number of halogens is 1. The number of sulfone groups is 1. The Labute approximate surface area is 124 Å². The predicted octanol–water partition coefficient (Wildman–Crippen LogP) is 2.24. The first kappa shape index (κ1) is 14.7. The summed E-state index contributed by atoms with van der Waals surface area (Å²) in [4.78, 5) is 15.4. The van der Waals surface area contributed by atoms with Crippen LogP contribution >= 0.6 is 23.1 Å². The van der Waals surface area contributed by atoms with Crippen LogP contribution in [-0.2, 0) is 9.84 Å². The fraction of sp³-hybridized carbons (Fsp3) is 0.100. The lowest BCUT2D eigenvalue weighted by atomic mass is 10.3. The molecule has 0 aliphatic carbocycles. The summed E-state index contributed by atoms with van der Waals surface area (Å²) in [5.41, 5.74) is 0.503. The third kappa shape index (κ3) is 3.89. The first-order valence-corrected chi connectivity index (χ1v) is 8.26. The molecule has 0 bridgehead atoms. The zero-order valence-electron chi connectivity index (χ0n) is 10.1. The Balaban J connectivity index is 2.03. The second-order valence-corrected chi connectivity index (χ2v) is 6.84. The van der Waals surface area contributed by atoms with Gasteiger partial charge in [-0.1, -0.05) is 17.7 Å². The van der Waals surface area contributed by atoms with Crippen molar-refractivity contribution in [2.45, 2.75) is 5.16 Å². The summed E-state index contributed by atoms with van der Waals surface area (Å²) in [6.45, 7) is 0. The highest BCUT2D eigenvalue weighted by atomic mass is 35.5. The van der Waals surface area contributed by atoms with Crippen LogP contribution in [0.1, 0.15) is 0 Å². The van der Waals surface area contributed by atoms with Crippen LogP contribution in [0.4, 0.5) is 15.6 Å². The van der Waals surface area contributed by atoms with E-state index in [1.165, 1.54) is 0 Å². The molecule has 2 aromatic rings. The summed E-state index contributed by atoms with van der Waals surface area (Å²) in [6, 6.07) is 6.03. The van der Waals surface area contributed by atoms with Crippen molar-refractivity contribution < 1.29 is 13.2 Å². The second-order valence-electron chi connectivity index (χ2n) is 3.74. The average Bonchev–Trinajstić information content (AvgIpc) is 2.76. The molecule has 7 nitrogen and oxygen atoms in total. The molecular formula is C10H9ClN4O3S2. The van der Waals surface area contributed by atoms with Crippen molar-refractivity contribution in [2.24, 2.45) is 0 Å². The molecule has 1 aromatic carbocycles. The Bertz CT molecular complexity index is 744. The van der Waals surface area contributed by atoms with Crippen LogP contribution in [0.5, 0.6) is 0 Å². The minimum absolute atomic E-state index is 0.0879. The number of urea groups is 1. The van der Waals surface area contributed by atoms with Gasteiger partial charge in [-0.25, -0.2) is 13.2 Å². The van der Waals surface area contributed by atoms with Crippen LogP contribution in [0.2, 0.25) is 5.02 Å². The molecule has 2 rings (SSSR count). The van der Waals surface area contributed by atoms with Crippen molar-refractivity contribution >= 4 is 49.8 Å². The van der Waals surface area contributed by atoms with Crippen molar-refractivity contribution in [2.75, 3.05) is 16.9 Å². The van der Waals surface area contributed by atoms with E-state index in [0.717, 1.165) is 17.8 Å². The number of carbonyl (C=O) groups is 1. The highest BCUT2D eigenvalue weighted by molar-refractivity contribution is 7.90. The quantitative estimate of drug-likeness (QED) is 0.897. The number of benzene rings is 1. The molecule has 1 aromatic heterocycles. The molecule has 2 N–H and O–H groups in total. The number of anilines is 2. The van der Waals surface area contributed by atoms with Gasteiger partial charge in [-0.3, -0.25) is 5.32 Å². The summed E-state index contributed by atoms with van der Waals surface area (Å²) < 4.78 is 26.0. The van der Waals surface area contributed by atoms with Crippen molar-refractivity contribution in [3.63, 3.8) is 0 Å². The van der Waals surface area contributed by atoms with Crippen LogP contribution in [-0.4, -0.2) is 30.1 Å². The standard InChI is InChI=1S/C10H9ClN4O3S2/c1-20(17,18)10-14-9(19-15-10)13-8(16)12-7-4-2-3-6(11)5-7/h2-5H,1H3,(H2,12,13,14,15,16). The van der Waals surface area contributed by atoms with Gasteiger partial charge in [-0.2, -0.15) is 9.36 Å². The predicted molar refractivity (Wildman–Crippen MR) is 77.1 cm³/mol. The maximum atomic E-state index is 11.7. The van der Waals surface area contributed by atoms with Gasteiger partial charge >= 0.3 is 6.03 Å². The molecule has 0 saturated carbocycles. The van der Waals surface area contributed by atoms with Gasteiger partial charge in [0.15, 0.2) is 0 Å². The zero-order chi connectivity index (χ0) is 14.8. The van der Waals surface area contributed by atoms with Crippen LogP contribution < -0.4 is 10.6 Å². The van der Waals surface area contributed by atoms with E-state index in [2.05, 4.69) is 20.0 Å². The van der Waals surface area contributed by atoms with E-state index in [0.29, 0.717) is 10.7 Å². The number of nitrogens with one attached hydrogen (secondary N) is 2. The second kappa shape index (κ2) is 5.73. The molecule has 0 aliphatic heterocycles. The van der Waals surface area contributed by atoms with Crippen molar-refractivity contribution in [1.82, 2.24) is 9.36 Å². The number of carbonyl (C=O) groups excluding carboxylic acids is 1. The van der Waals surface area contributed by atoms with Crippen LogP contribution in [0.25, 0.3) is 0 Å². The Hall–Kier alpha value is -1.71. The van der Waals surface area contributed by atoms with E-state index in [-0.39, 0.29) is 10.3 Å². The third-order valence-electron chi connectivity index (χ3n) is 2.04. The van der Waals surface area contributed by atoms with Crippen molar-refractivity contribution in [3.05, 3.63) is 29.3 Å². The van der Waals surface area contributed by atoms with E-state index in [9.17, 15) is 13.2 Å². The van der Waals surface area contributed by atoms with E-state index < -0.39 is 15.9 Å². The molecule has 0 atom stereocenters. The van der Waals surface area contributed by atoms with Crippen molar-refractivity contribution in [3.8, 4) is 0 Å². The molecule has 20 heavy (non-hydrogen) atoms. The highest BCUT2D eigenvalue weighted by Crippen LogP contribution is 2.17. The van der Waals surface area contributed by atoms with Gasteiger partial charge in [0, 0.05) is 28.5 Å². The molecule has 0 saturated heterocycles. The summed E-state index contributed by atoms with van der Waals surface area (Å²) in [5.74, 6) is 0. The lowest BCUT2D eigenvalue weighted by molar-refractivity contribution is 0.262. The maximum Gasteiger partial charge on any atom is 0.325 e. The van der Waals surface area contributed by atoms with Gasteiger partial charge in [-0.15, -0.1) is 0 Å². The minimum atomic E-state index is -3.48. The van der Waals surface area contributed by atoms with Gasteiger partial charge in [0.1, 0.15) is 0 Å². The Morgan fingerprint density at radius 1 is 1.35 bits per heavy atom. The Kier molecular flexibility index (Phi) is 4.21. The summed E-state index contributed by atoms with van der Waals surface area (Å²) in [6.07, 6.45) is 0.991. The number of amides is 2. The largest absolute Gasteiger partial charge is 0.325 e. The van der Waals surface area contributed by atoms with Crippen molar-refractivity contribution in [1.29, 1.82) is 0 Å². The molecule has 1 heterocycles. The molecule has 106 valence electrons. The Morgan fingerprint density at radius 2 is 2.10 bits per heavy atom. The van der Waals surface area contributed by atoms with Crippen LogP contribution in [0, 0.1) is 0 Å². The minimum Gasteiger partial charge on any atom is -0.308 e. The molecule has 0 unspecified atom stereocenters. The number of rotatable bonds is 3. The lowest BCUT2D eigenvalue weighted by Gasteiger charge is -2.04. The van der Waals surface area contributed by atoms with E-state index in [1.807, 2.05) is 0 Å². The number of hydrogen-bond donors (Lipinski definition) is 2. The topological polar surface area (TPSA) is 101 Å². The normalized spacial score (nSPS) is 11.1. The first-order chi connectivity index (χ1) is 9.34. The van der Waals surface area contributed by atoms with E-state index in [4.69, 9.17) is 11.6 Å². The monoisotopic (exact) mass is 332 g/mol. The molecule has 0 radical (unpaired) electrons. The smallest absolute Gasteiger partial charge is 0.308 e. The third-order valence-corrected chi connectivity index (χ3v) is 3.87. The van der Waals surface area contributed by atoms with Gasteiger partial charge < -0.3 is 5.32 Å². The number of hydrogen-bond acceptors (Lipinski definition) is 6. The summed E-state index contributed by atoms with van der Waals surface area (Å²) in [7, 11) is -3.48. The lowest BCUT2D eigenvalue weighted by Crippen LogP contribution is -2.19. The SMILES string of the molecule is CS(=O)(=O)c1nsc(NC(=O)Nc2cccc(Cl)c2)n1. The fourth-order valence-corrected chi connectivity index (χ4v) is 2.87. The molecule has 0 aliphatic rings. The van der Waals surface area contributed by atoms with Crippen LogP contribution in [0.15, 0.2) is 29.4 Å². The molecule has 10 heteroatoms. The summed E-state index contributed by atoms with van der Waals surface area (Å²) >= 11 is 6.56. The maximum absolute atomic E-state index is 11.7. The molecule has 0 spiro atoms. The highest BCUT2D eigenvalue weighted by Gasteiger charge is 2.15. The van der Waals surface area contributed by atoms with Crippen LogP contribution in [0.3, 0.4) is 0 Å². The number of nitrogens with zero attached hydrogens (tertiary/aromatic N) is 2. The van der Waals surface area contributed by atoms with E-state index >= 15 is 0 Å². The summed E-state index contributed by atoms with van der Waals surface area (Å²) in [5, 5.41) is 5.18. The molecular weight excluding hydrogens is 324 g/mol. The Morgan fingerprint density at radius 3 is 2.70 bits per heavy atom. The van der Waals surface area contributed by atoms with Gasteiger partial charge in [0.2, 0.25) is 15.0 Å². The van der Waals surface area contributed by atoms with Gasteiger partial charge in [0.05, 0.1) is 0 Å². The fourth-order valence-electron chi connectivity index (χ4n) is 1.24. The van der Waals surface area contributed by atoms with E-state index in [1.54, 1.807) is 24.3 Å². The van der Waals surface area contributed by atoms with Gasteiger partial charge in [-0.05, 0) is 18.2 Å².